The number of halogens is 1. The van der Waals surface area contributed by atoms with Gasteiger partial charge < -0.3 is 4.57 Å². The molecule has 5 aromatic rings. The van der Waals surface area contributed by atoms with Gasteiger partial charge in [0.05, 0.1) is 18.2 Å². The lowest BCUT2D eigenvalue weighted by atomic mass is 10.1. The summed E-state index contributed by atoms with van der Waals surface area (Å²) >= 11 is 6.40. The van der Waals surface area contributed by atoms with Gasteiger partial charge in [-0.05, 0) is 61.9 Å². The van der Waals surface area contributed by atoms with Crippen molar-refractivity contribution in [1.29, 1.82) is 5.26 Å². The van der Waals surface area contributed by atoms with Crippen LogP contribution in [0.25, 0.3) is 27.8 Å². The van der Waals surface area contributed by atoms with E-state index in [1.54, 1.807) is 6.07 Å². The molecule has 0 radical (unpaired) electrons. The molecule has 0 bridgehead atoms. The smallest absolute Gasteiger partial charge is 0.164 e. The third kappa shape index (κ3) is 3.24. The minimum absolute atomic E-state index is 0.541. The van der Waals surface area contributed by atoms with Crippen LogP contribution in [0.2, 0.25) is 5.02 Å². The van der Waals surface area contributed by atoms with Gasteiger partial charge in [0.1, 0.15) is 11.3 Å². The lowest BCUT2D eigenvalue weighted by molar-refractivity contribution is 0.834. The van der Waals surface area contributed by atoms with Gasteiger partial charge >= 0.3 is 0 Å². The summed E-state index contributed by atoms with van der Waals surface area (Å²) in [4.78, 5) is 9.67. The van der Waals surface area contributed by atoms with Crippen LogP contribution in [0.15, 0.2) is 54.7 Å². The molecule has 5 nitrogen and oxygen atoms in total. The number of nitriles is 1. The number of benzene rings is 2. The van der Waals surface area contributed by atoms with Gasteiger partial charge in [0.15, 0.2) is 5.65 Å². The van der Waals surface area contributed by atoms with E-state index in [4.69, 9.17) is 21.6 Å². The summed E-state index contributed by atoms with van der Waals surface area (Å²) in [5, 5.41) is 11.2. The molecule has 3 heterocycles. The van der Waals surface area contributed by atoms with Crippen molar-refractivity contribution in [2.75, 3.05) is 0 Å². The first kappa shape index (κ1) is 20.3. The Bertz CT molecular complexity index is 1530. The van der Waals surface area contributed by atoms with Crippen molar-refractivity contribution in [2.24, 2.45) is 0 Å². The van der Waals surface area contributed by atoms with E-state index >= 15 is 0 Å². The van der Waals surface area contributed by atoms with Crippen LogP contribution >= 0.6 is 11.6 Å². The molecule has 0 saturated heterocycles. The Balaban J connectivity index is 1.61. The molecule has 0 fully saturated rings. The minimum atomic E-state index is 0.541. The highest BCUT2D eigenvalue weighted by Crippen LogP contribution is 2.28. The summed E-state index contributed by atoms with van der Waals surface area (Å²) < 4.78 is 4.28. The van der Waals surface area contributed by atoms with Crippen molar-refractivity contribution in [1.82, 2.24) is 19.1 Å². The van der Waals surface area contributed by atoms with Crippen LogP contribution in [-0.4, -0.2) is 19.1 Å². The molecular formula is C26H22ClN5. The first-order valence-electron chi connectivity index (χ1n) is 10.6. The predicted molar refractivity (Wildman–Crippen MR) is 128 cm³/mol. The average molecular weight is 440 g/mol. The number of hydrogen-bond acceptors (Lipinski definition) is 3. The number of pyridine rings is 1. The van der Waals surface area contributed by atoms with Gasteiger partial charge in [0.25, 0.3) is 0 Å². The molecule has 0 aliphatic rings. The SMILES string of the molecule is CCc1nc2cc(C)c(C)nc2n1-c1ccc2c(ccn2Cc2c(Cl)cccc2C#N)c1. The van der Waals surface area contributed by atoms with E-state index in [2.05, 4.69) is 59.4 Å². The Kier molecular flexibility index (Phi) is 4.96. The van der Waals surface area contributed by atoms with Crippen LogP contribution in [0.5, 0.6) is 0 Å². The monoisotopic (exact) mass is 439 g/mol. The summed E-state index contributed by atoms with van der Waals surface area (Å²) in [5.41, 5.74) is 7.53. The second kappa shape index (κ2) is 7.81. The quantitative estimate of drug-likeness (QED) is 0.338. The molecule has 3 aromatic heterocycles. The molecule has 0 amide bonds. The van der Waals surface area contributed by atoms with Crippen molar-refractivity contribution >= 4 is 33.7 Å². The van der Waals surface area contributed by atoms with Crippen LogP contribution in [0.1, 0.15) is 35.1 Å². The molecule has 32 heavy (non-hydrogen) atoms. The molecule has 0 spiro atoms. The number of fused-ring (bicyclic) bond motifs is 2. The van der Waals surface area contributed by atoms with Crippen molar-refractivity contribution in [2.45, 2.75) is 33.7 Å². The molecule has 2 aromatic carbocycles. The zero-order valence-electron chi connectivity index (χ0n) is 18.2. The maximum Gasteiger partial charge on any atom is 0.164 e. The molecule has 158 valence electrons. The Morgan fingerprint density at radius 2 is 1.91 bits per heavy atom. The Labute approximate surface area is 191 Å². The van der Waals surface area contributed by atoms with E-state index < -0.39 is 0 Å². The maximum atomic E-state index is 9.47. The van der Waals surface area contributed by atoms with Gasteiger partial charge in [-0.1, -0.05) is 24.6 Å². The molecule has 0 unspecified atom stereocenters. The zero-order valence-corrected chi connectivity index (χ0v) is 19.0. The minimum Gasteiger partial charge on any atom is -0.343 e. The van der Waals surface area contributed by atoms with E-state index in [9.17, 15) is 5.26 Å². The van der Waals surface area contributed by atoms with Gasteiger partial charge in [-0.3, -0.25) is 4.57 Å². The summed E-state index contributed by atoms with van der Waals surface area (Å²) in [6, 6.07) is 18.3. The summed E-state index contributed by atoms with van der Waals surface area (Å²) in [7, 11) is 0. The largest absolute Gasteiger partial charge is 0.343 e. The highest BCUT2D eigenvalue weighted by Gasteiger charge is 2.15. The van der Waals surface area contributed by atoms with E-state index in [1.165, 1.54) is 0 Å². The van der Waals surface area contributed by atoms with E-state index in [1.807, 2.05) is 25.3 Å². The number of aromatic nitrogens is 4. The van der Waals surface area contributed by atoms with Gasteiger partial charge in [0, 0.05) is 45.5 Å². The van der Waals surface area contributed by atoms with Crippen molar-refractivity contribution < 1.29 is 0 Å². The van der Waals surface area contributed by atoms with Crippen LogP contribution in [0.4, 0.5) is 0 Å². The highest BCUT2D eigenvalue weighted by molar-refractivity contribution is 6.31. The predicted octanol–water partition coefficient (Wildman–Crippen LogP) is 6.13. The second-order valence-electron chi connectivity index (χ2n) is 8.01. The number of aryl methyl sites for hydroxylation is 3. The fourth-order valence-corrected chi connectivity index (χ4v) is 4.44. The van der Waals surface area contributed by atoms with Crippen LogP contribution in [-0.2, 0) is 13.0 Å². The van der Waals surface area contributed by atoms with E-state index in [-0.39, 0.29) is 0 Å². The van der Waals surface area contributed by atoms with Crippen LogP contribution in [0.3, 0.4) is 0 Å². The first-order chi connectivity index (χ1) is 15.5. The zero-order chi connectivity index (χ0) is 22.4. The van der Waals surface area contributed by atoms with Crippen molar-refractivity contribution in [3.8, 4) is 11.8 Å². The lowest BCUT2D eigenvalue weighted by Crippen LogP contribution is -2.03. The average Bonchev–Trinajstić information content (AvgIpc) is 3.35. The number of rotatable bonds is 4. The second-order valence-corrected chi connectivity index (χ2v) is 8.42. The Hall–Kier alpha value is -3.62. The Morgan fingerprint density at radius 3 is 2.69 bits per heavy atom. The first-order valence-corrected chi connectivity index (χ1v) is 11.0. The number of nitrogens with zero attached hydrogens (tertiary/aromatic N) is 5. The van der Waals surface area contributed by atoms with Crippen molar-refractivity contribution in [3.05, 3.63) is 88.0 Å². The third-order valence-electron chi connectivity index (χ3n) is 6.04. The van der Waals surface area contributed by atoms with Crippen molar-refractivity contribution in [3.63, 3.8) is 0 Å². The molecule has 0 aliphatic heterocycles. The number of imidazole rings is 1. The van der Waals surface area contributed by atoms with Gasteiger partial charge in [-0.2, -0.15) is 5.26 Å². The van der Waals surface area contributed by atoms with Gasteiger partial charge in [0.2, 0.25) is 0 Å². The number of hydrogen-bond donors (Lipinski definition) is 0. The van der Waals surface area contributed by atoms with Crippen LogP contribution < -0.4 is 0 Å². The molecule has 0 atom stereocenters. The van der Waals surface area contributed by atoms with E-state index in [0.717, 1.165) is 56.8 Å². The normalized spacial score (nSPS) is 11.3. The highest BCUT2D eigenvalue weighted by atomic mass is 35.5. The molecule has 0 saturated carbocycles. The summed E-state index contributed by atoms with van der Waals surface area (Å²) in [5.74, 6) is 0.992. The molecule has 5 rings (SSSR count). The molecule has 0 aliphatic carbocycles. The summed E-state index contributed by atoms with van der Waals surface area (Å²) in [6.07, 6.45) is 2.86. The van der Waals surface area contributed by atoms with Crippen LogP contribution in [0, 0.1) is 25.2 Å². The van der Waals surface area contributed by atoms with Gasteiger partial charge in [-0.15, -0.1) is 0 Å². The summed E-state index contributed by atoms with van der Waals surface area (Å²) in [6.45, 7) is 6.76. The van der Waals surface area contributed by atoms with E-state index in [0.29, 0.717) is 17.1 Å². The fourth-order valence-electron chi connectivity index (χ4n) is 4.20. The van der Waals surface area contributed by atoms with Gasteiger partial charge in [-0.25, -0.2) is 9.97 Å². The lowest BCUT2D eigenvalue weighted by Gasteiger charge is -2.11. The Morgan fingerprint density at radius 1 is 1.06 bits per heavy atom. The molecular weight excluding hydrogens is 418 g/mol. The third-order valence-corrected chi connectivity index (χ3v) is 6.40. The molecule has 6 heteroatoms. The topological polar surface area (TPSA) is 59.4 Å². The molecule has 0 N–H and O–H groups in total. The maximum absolute atomic E-state index is 9.47. The fraction of sp³-hybridized carbons (Fsp3) is 0.192. The standard InChI is InChI=1S/C26H22ClN5/c1-4-25-30-23-12-16(2)17(3)29-26(23)32(25)20-8-9-24-18(13-20)10-11-31(24)15-21-19(14-28)6-5-7-22(21)27/h5-13H,4,15H2,1-3H3.